The molecule has 5 atom stereocenters. The number of Topliss-reactive ketones (excluding diaryl/α,β-unsaturated/α-hetero) is 1. The summed E-state index contributed by atoms with van der Waals surface area (Å²) in [7, 11) is 0. The van der Waals surface area contributed by atoms with Crippen LogP contribution in [0.4, 0.5) is 0 Å². The molecule has 2 heteroatoms. The lowest BCUT2D eigenvalue weighted by Gasteiger charge is -2.57. The van der Waals surface area contributed by atoms with Gasteiger partial charge in [-0.15, -0.1) is 6.58 Å². The molecule has 4 rings (SSSR count). The van der Waals surface area contributed by atoms with Crippen LogP contribution in [0, 0.1) is 28.6 Å². The molecule has 22 heavy (non-hydrogen) atoms. The molecule has 0 spiro atoms. The molecule has 0 amide bonds. The molecule has 0 bridgehead atoms. The molecular formula is C20H26O2. The molecule has 4 aliphatic carbocycles. The van der Waals surface area contributed by atoms with Gasteiger partial charge in [0.15, 0.2) is 5.78 Å². The highest BCUT2D eigenvalue weighted by Gasteiger charge is 2.59. The summed E-state index contributed by atoms with van der Waals surface area (Å²) < 4.78 is 0. The van der Waals surface area contributed by atoms with E-state index in [1.165, 1.54) is 5.57 Å². The van der Waals surface area contributed by atoms with Crippen molar-refractivity contribution in [3.63, 3.8) is 0 Å². The third-order valence-corrected chi connectivity index (χ3v) is 7.64. The van der Waals surface area contributed by atoms with Gasteiger partial charge in [0, 0.05) is 23.7 Å². The number of carbonyl (C=O) groups excluding carboxylic acids is 2. The van der Waals surface area contributed by atoms with Gasteiger partial charge in [-0.1, -0.05) is 18.6 Å². The highest BCUT2D eigenvalue weighted by molar-refractivity contribution is 5.92. The fourth-order valence-corrected chi connectivity index (χ4v) is 6.43. The molecule has 3 saturated carbocycles. The van der Waals surface area contributed by atoms with Gasteiger partial charge in [0.05, 0.1) is 0 Å². The zero-order valence-electron chi connectivity index (χ0n) is 13.6. The SMILES string of the molecule is C=C[C@]12CCC(=O)C=C1CCC1C2CC[C@]2(C)C(=O)CCC12. The number of carbonyl (C=O) groups is 2. The van der Waals surface area contributed by atoms with E-state index in [-0.39, 0.29) is 10.8 Å². The quantitative estimate of drug-likeness (QED) is 0.678. The maximum Gasteiger partial charge on any atom is 0.155 e. The van der Waals surface area contributed by atoms with Crippen LogP contribution in [0.15, 0.2) is 24.3 Å². The van der Waals surface area contributed by atoms with E-state index in [0.717, 1.165) is 44.9 Å². The van der Waals surface area contributed by atoms with E-state index in [9.17, 15) is 9.59 Å². The maximum atomic E-state index is 12.4. The van der Waals surface area contributed by atoms with E-state index in [0.29, 0.717) is 35.7 Å². The van der Waals surface area contributed by atoms with Gasteiger partial charge >= 0.3 is 0 Å². The van der Waals surface area contributed by atoms with Gasteiger partial charge in [-0.25, -0.2) is 0 Å². The number of ketones is 2. The van der Waals surface area contributed by atoms with Crippen LogP contribution in [0.3, 0.4) is 0 Å². The maximum absolute atomic E-state index is 12.4. The van der Waals surface area contributed by atoms with Crippen molar-refractivity contribution < 1.29 is 9.59 Å². The lowest BCUT2D eigenvalue weighted by Crippen LogP contribution is -2.50. The van der Waals surface area contributed by atoms with E-state index >= 15 is 0 Å². The number of fused-ring (bicyclic) bond motifs is 5. The van der Waals surface area contributed by atoms with Crippen LogP contribution in [-0.2, 0) is 9.59 Å². The highest BCUT2D eigenvalue weighted by atomic mass is 16.1. The number of hydrogen-bond donors (Lipinski definition) is 0. The molecule has 0 aromatic rings. The average Bonchev–Trinajstić information content (AvgIpc) is 2.82. The van der Waals surface area contributed by atoms with Crippen LogP contribution in [-0.4, -0.2) is 11.6 Å². The van der Waals surface area contributed by atoms with Crippen molar-refractivity contribution >= 4 is 11.6 Å². The van der Waals surface area contributed by atoms with Gasteiger partial charge in [0.25, 0.3) is 0 Å². The second kappa shape index (κ2) is 4.66. The third kappa shape index (κ3) is 1.67. The first-order valence-corrected chi connectivity index (χ1v) is 8.92. The molecule has 4 aliphatic rings. The van der Waals surface area contributed by atoms with Gasteiger partial charge in [-0.3, -0.25) is 9.59 Å². The predicted molar refractivity (Wildman–Crippen MR) is 86.2 cm³/mol. The van der Waals surface area contributed by atoms with Gasteiger partial charge in [-0.05, 0) is 62.4 Å². The predicted octanol–water partition coefficient (Wildman–Crippen LogP) is 4.25. The molecule has 0 saturated heterocycles. The van der Waals surface area contributed by atoms with Crippen LogP contribution in [0.2, 0.25) is 0 Å². The van der Waals surface area contributed by atoms with Crippen LogP contribution in [0.5, 0.6) is 0 Å². The standard InChI is InChI=1S/C20H26O2/c1-3-20-11-8-14(21)12-13(20)4-5-15-16-6-7-18(22)19(16,2)10-9-17(15)20/h3,12,15-17H,1,4-11H2,2H3/t15?,16?,17?,19-,20-/m0/s1. The smallest absolute Gasteiger partial charge is 0.155 e. The Morgan fingerprint density at radius 2 is 1.91 bits per heavy atom. The topological polar surface area (TPSA) is 34.1 Å². The minimum Gasteiger partial charge on any atom is -0.299 e. The Balaban J connectivity index is 1.74. The molecule has 0 heterocycles. The van der Waals surface area contributed by atoms with E-state index in [1.54, 1.807) is 0 Å². The second-order valence-corrected chi connectivity index (χ2v) is 8.21. The van der Waals surface area contributed by atoms with Gasteiger partial charge in [-0.2, -0.15) is 0 Å². The van der Waals surface area contributed by atoms with Crippen molar-refractivity contribution in [3.05, 3.63) is 24.3 Å². The van der Waals surface area contributed by atoms with Gasteiger partial charge in [0.2, 0.25) is 0 Å². The lowest BCUT2D eigenvalue weighted by atomic mass is 9.47. The summed E-state index contributed by atoms with van der Waals surface area (Å²) >= 11 is 0. The molecular weight excluding hydrogens is 272 g/mol. The molecule has 0 aliphatic heterocycles. The second-order valence-electron chi connectivity index (χ2n) is 8.21. The Morgan fingerprint density at radius 3 is 2.68 bits per heavy atom. The van der Waals surface area contributed by atoms with Crippen molar-refractivity contribution in [1.82, 2.24) is 0 Å². The summed E-state index contributed by atoms with van der Waals surface area (Å²) in [6, 6.07) is 0. The van der Waals surface area contributed by atoms with Crippen LogP contribution in [0.1, 0.15) is 58.3 Å². The van der Waals surface area contributed by atoms with Gasteiger partial charge in [0.1, 0.15) is 5.78 Å². The van der Waals surface area contributed by atoms with Crippen LogP contribution in [0.25, 0.3) is 0 Å². The fourth-order valence-electron chi connectivity index (χ4n) is 6.43. The minimum atomic E-state index is -0.0603. The van der Waals surface area contributed by atoms with Crippen molar-refractivity contribution in [2.24, 2.45) is 28.6 Å². The zero-order valence-corrected chi connectivity index (χ0v) is 13.6. The van der Waals surface area contributed by atoms with Crippen LogP contribution >= 0.6 is 0 Å². The summed E-state index contributed by atoms with van der Waals surface area (Å²) in [6.07, 6.45) is 11.9. The number of rotatable bonds is 1. The summed E-state index contributed by atoms with van der Waals surface area (Å²) in [5.74, 6) is 2.61. The van der Waals surface area contributed by atoms with E-state index in [4.69, 9.17) is 0 Å². The number of allylic oxidation sites excluding steroid dienone is 2. The first-order chi connectivity index (χ1) is 10.5. The molecule has 0 aromatic heterocycles. The van der Waals surface area contributed by atoms with E-state index in [2.05, 4.69) is 19.6 Å². The first kappa shape index (κ1) is 14.4. The Morgan fingerprint density at radius 1 is 1.09 bits per heavy atom. The normalized spacial score (nSPS) is 47.3. The molecule has 3 unspecified atom stereocenters. The fraction of sp³-hybridized carbons (Fsp3) is 0.700. The molecule has 118 valence electrons. The van der Waals surface area contributed by atoms with Gasteiger partial charge < -0.3 is 0 Å². The highest BCUT2D eigenvalue weighted by Crippen LogP contribution is 2.64. The summed E-state index contributed by atoms with van der Waals surface area (Å²) in [5, 5.41) is 0. The largest absolute Gasteiger partial charge is 0.299 e. The monoisotopic (exact) mass is 298 g/mol. The van der Waals surface area contributed by atoms with Crippen molar-refractivity contribution in [1.29, 1.82) is 0 Å². The molecule has 3 fully saturated rings. The molecule has 0 radical (unpaired) electrons. The Kier molecular flexibility index (Phi) is 3.05. The molecule has 0 aromatic carbocycles. The Labute approximate surface area is 133 Å². The minimum absolute atomic E-state index is 0.0454. The lowest BCUT2D eigenvalue weighted by molar-refractivity contribution is -0.132. The van der Waals surface area contributed by atoms with Crippen LogP contribution < -0.4 is 0 Å². The average molecular weight is 298 g/mol. The zero-order chi connectivity index (χ0) is 15.5. The summed E-state index contributed by atoms with van der Waals surface area (Å²) in [6.45, 7) is 6.40. The van der Waals surface area contributed by atoms with Crippen molar-refractivity contribution in [3.8, 4) is 0 Å². The third-order valence-electron chi connectivity index (χ3n) is 7.64. The van der Waals surface area contributed by atoms with Crippen molar-refractivity contribution in [2.75, 3.05) is 0 Å². The molecule has 2 nitrogen and oxygen atoms in total. The Bertz CT molecular complexity index is 587. The van der Waals surface area contributed by atoms with E-state index in [1.807, 2.05) is 6.08 Å². The number of hydrogen-bond acceptors (Lipinski definition) is 2. The Hall–Kier alpha value is -1.18. The van der Waals surface area contributed by atoms with Crippen molar-refractivity contribution in [2.45, 2.75) is 58.3 Å². The summed E-state index contributed by atoms with van der Waals surface area (Å²) in [4.78, 5) is 24.3. The summed E-state index contributed by atoms with van der Waals surface area (Å²) in [5.41, 5.74) is 1.33. The van der Waals surface area contributed by atoms with E-state index < -0.39 is 0 Å². The molecule has 0 N–H and O–H groups in total. The first-order valence-electron chi connectivity index (χ1n) is 8.92.